The number of rotatable bonds is 4. The van der Waals surface area contributed by atoms with Gasteiger partial charge >= 0.3 is 0 Å². The molecular formula is C16H24N2O2. The van der Waals surface area contributed by atoms with E-state index in [9.17, 15) is 4.79 Å². The number of hydrogen-bond acceptors (Lipinski definition) is 3. The smallest absolute Gasteiger partial charge is 0.227 e. The number of methoxy groups -OCH3 is 1. The number of ether oxygens (including phenoxy) is 1. The third-order valence-corrected chi connectivity index (χ3v) is 3.95. The van der Waals surface area contributed by atoms with Gasteiger partial charge < -0.3 is 14.5 Å². The van der Waals surface area contributed by atoms with Crippen LogP contribution in [0.2, 0.25) is 0 Å². The van der Waals surface area contributed by atoms with E-state index < -0.39 is 0 Å². The molecule has 1 aliphatic heterocycles. The minimum absolute atomic E-state index is 0.133. The third kappa shape index (κ3) is 3.51. The van der Waals surface area contributed by atoms with Gasteiger partial charge in [0, 0.05) is 25.7 Å². The summed E-state index contributed by atoms with van der Waals surface area (Å²) >= 11 is 0. The molecule has 1 aliphatic rings. The van der Waals surface area contributed by atoms with Crippen LogP contribution in [0, 0.1) is 5.92 Å². The van der Waals surface area contributed by atoms with E-state index in [1.807, 2.05) is 36.2 Å². The number of carbonyl (C=O) groups is 1. The maximum Gasteiger partial charge on any atom is 0.227 e. The molecule has 1 atom stereocenters. The van der Waals surface area contributed by atoms with Gasteiger partial charge in [0.15, 0.2) is 0 Å². The average Bonchev–Trinajstić information content (AvgIpc) is 2.47. The summed E-state index contributed by atoms with van der Waals surface area (Å²) in [7, 11) is 5.62. The maximum absolute atomic E-state index is 12.5. The molecule has 0 aliphatic carbocycles. The third-order valence-electron chi connectivity index (χ3n) is 3.95. The number of likely N-dealkylation sites (tertiary alicyclic amines) is 1. The van der Waals surface area contributed by atoms with Crippen molar-refractivity contribution in [2.24, 2.45) is 5.92 Å². The maximum atomic E-state index is 12.5. The number of nitrogens with zero attached hydrogens (tertiary/aromatic N) is 2. The lowest BCUT2D eigenvalue weighted by atomic mass is 9.97. The van der Waals surface area contributed by atoms with Crippen LogP contribution >= 0.6 is 0 Å². The monoisotopic (exact) mass is 276 g/mol. The molecule has 2 rings (SSSR count). The van der Waals surface area contributed by atoms with Crippen LogP contribution in [0.15, 0.2) is 24.3 Å². The van der Waals surface area contributed by atoms with Gasteiger partial charge in [0.1, 0.15) is 5.75 Å². The number of hydrogen-bond donors (Lipinski definition) is 0. The lowest BCUT2D eigenvalue weighted by Gasteiger charge is -2.31. The van der Waals surface area contributed by atoms with Crippen LogP contribution in [0.3, 0.4) is 0 Å². The Kier molecular flexibility index (Phi) is 5.01. The van der Waals surface area contributed by atoms with Gasteiger partial charge in [-0.15, -0.1) is 0 Å². The van der Waals surface area contributed by atoms with Crippen molar-refractivity contribution in [3.05, 3.63) is 29.8 Å². The van der Waals surface area contributed by atoms with E-state index >= 15 is 0 Å². The minimum Gasteiger partial charge on any atom is -0.496 e. The van der Waals surface area contributed by atoms with Gasteiger partial charge in [0.2, 0.25) is 5.91 Å². The van der Waals surface area contributed by atoms with E-state index in [-0.39, 0.29) is 11.8 Å². The largest absolute Gasteiger partial charge is 0.496 e. The summed E-state index contributed by atoms with van der Waals surface area (Å²) < 4.78 is 5.34. The van der Waals surface area contributed by atoms with Crippen molar-refractivity contribution in [2.45, 2.75) is 19.4 Å². The minimum atomic E-state index is 0.133. The second kappa shape index (κ2) is 6.75. The molecule has 1 aromatic rings. The van der Waals surface area contributed by atoms with Crippen molar-refractivity contribution < 1.29 is 9.53 Å². The lowest BCUT2D eigenvalue weighted by molar-refractivity contribution is -0.136. The fourth-order valence-electron chi connectivity index (χ4n) is 2.85. The van der Waals surface area contributed by atoms with Crippen LogP contribution in [-0.4, -0.2) is 50.0 Å². The topological polar surface area (TPSA) is 32.8 Å². The summed E-state index contributed by atoms with van der Waals surface area (Å²) in [5.41, 5.74) is 1.05. The molecule has 4 nitrogen and oxygen atoms in total. The van der Waals surface area contributed by atoms with Gasteiger partial charge in [-0.25, -0.2) is 0 Å². The quantitative estimate of drug-likeness (QED) is 0.843. The summed E-state index contributed by atoms with van der Waals surface area (Å²) in [5, 5.41) is 0. The van der Waals surface area contributed by atoms with Crippen molar-refractivity contribution in [3.63, 3.8) is 0 Å². The van der Waals surface area contributed by atoms with Gasteiger partial charge in [0.05, 0.1) is 13.0 Å². The van der Waals surface area contributed by atoms with E-state index in [1.165, 1.54) is 0 Å². The summed E-state index contributed by atoms with van der Waals surface area (Å²) in [6, 6.07) is 7.86. The van der Waals surface area contributed by atoms with Crippen molar-refractivity contribution in [1.82, 2.24) is 9.80 Å². The number of para-hydroxylation sites is 1. The first kappa shape index (κ1) is 14.9. The van der Waals surface area contributed by atoms with Gasteiger partial charge in [-0.3, -0.25) is 4.79 Å². The summed E-state index contributed by atoms with van der Waals surface area (Å²) in [5.74, 6) is 1.21. The van der Waals surface area contributed by atoms with Crippen LogP contribution in [0.5, 0.6) is 5.75 Å². The van der Waals surface area contributed by atoms with Crippen molar-refractivity contribution >= 4 is 5.91 Å². The molecule has 1 amide bonds. The summed E-state index contributed by atoms with van der Waals surface area (Å²) in [6.45, 7) is 2.57. The molecule has 1 saturated heterocycles. The Bertz CT molecular complexity index is 462. The number of amides is 1. The van der Waals surface area contributed by atoms with Gasteiger partial charge in [0.25, 0.3) is 0 Å². The summed E-state index contributed by atoms with van der Waals surface area (Å²) in [6.07, 6.45) is 2.11. The predicted octanol–water partition coefficient (Wildman–Crippen LogP) is 2.00. The molecule has 0 bridgehead atoms. The molecule has 0 aromatic heterocycles. The van der Waals surface area contributed by atoms with Crippen molar-refractivity contribution in [2.75, 3.05) is 34.3 Å². The first-order valence-electron chi connectivity index (χ1n) is 7.17. The Labute approximate surface area is 121 Å². The highest BCUT2D eigenvalue weighted by Crippen LogP contribution is 2.22. The van der Waals surface area contributed by atoms with Crippen LogP contribution in [0.4, 0.5) is 0 Å². The van der Waals surface area contributed by atoms with Crippen molar-refractivity contribution in [3.8, 4) is 5.75 Å². The fraction of sp³-hybridized carbons (Fsp3) is 0.562. The molecule has 1 aromatic carbocycles. The van der Waals surface area contributed by atoms with Gasteiger partial charge in [-0.2, -0.15) is 0 Å². The molecule has 0 radical (unpaired) electrons. The normalized spacial score (nSPS) is 19.6. The van der Waals surface area contributed by atoms with Crippen molar-refractivity contribution in [1.29, 1.82) is 0 Å². The Morgan fingerprint density at radius 3 is 2.90 bits per heavy atom. The first-order valence-corrected chi connectivity index (χ1v) is 7.17. The molecule has 1 fully saturated rings. The summed E-state index contributed by atoms with van der Waals surface area (Å²) in [4.78, 5) is 16.6. The molecule has 0 spiro atoms. The average molecular weight is 276 g/mol. The van der Waals surface area contributed by atoms with Crippen LogP contribution in [0.25, 0.3) is 0 Å². The number of piperidine rings is 1. The molecule has 0 saturated carbocycles. The number of benzene rings is 1. The molecule has 4 heteroatoms. The highest BCUT2D eigenvalue weighted by molar-refractivity contribution is 5.79. The van der Waals surface area contributed by atoms with E-state index in [1.54, 1.807) is 7.11 Å². The molecule has 1 unspecified atom stereocenters. The fourth-order valence-corrected chi connectivity index (χ4v) is 2.85. The SMILES string of the molecule is COc1ccccc1CN(C)C(=O)C1CCCN(C)C1. The van der Waals surface area contributed by atoms with E-state index in [0.717, 1.165) is 37.2 Å². The second-order valence-electron chi connectivity index (χ2n) is 5.61. The van der Waals surface area contributed by atoms with E-state index in [0.29, 0.717) is 6.54 Å². The first-order chi connectivity index (χ1) is 9.61. The van der Waals surface area contributed by atoms with E-state index in [2.05, 4.69) is 11.9 Å². The molecule has 110 valence electrons. The highest BCUT2D eigenvalue weighted by atomic mass is 16.5. The Morgan fingerprint density at radius 2 is 2.20 bits per heavy atom. The lowest BCUT2D eigenvalue weighted by Crippen LogP contribution is -2.41. The number of carbonyl (C=O) groups excluding carboxylic acids is 1. The second-order valence-corrected chi connectivity index (χ2v) is 5.61. The van der Waals surface area contributed by atoms with Gasteiger partial charge in [-0.1, -0.05) is 18.2 Å². The van der Waals surface area contributed by atoms with Gasteiger partial charge in [-0.05, 0) is 32.5 Å². The van der Waals surface area contributed by atoms with Crippen LogP contribution < -0.4 is 4.74 Å². The Balaban J connectivity index is 2.00. The molecule has 20 heavy (non-hydrogen) atoms. The van der Waals surface area contributed by atoms with Crippen LogP contribution in [-0.2, 0) is 11.3 Å². The Hall–Kier alpha value is -1.55. The van der Waals surface area contributed by atoms with E-state index in [4.69, 9.17) is 4.74 Å². The molecule has 0 N–H and O–H groups in total. The highest BCUT2D eigenvalue weighted by Gasteiger charge is 2.26. The Morgan fingerprint density at radius 1 is 1.45 bits per heavy atom. The zero-order valence-electron chi connectivity index (χ0n) is 12.6. The molecular weight excluding hydrogens is 252 g/mol. The van der Waals surface area contributed by atoms with Crippen LogP contribution in [0.1, 0.15) is 18.4 Å². The predicted molar refractivity (Wildman–Crippen MR) is 79.7 cm³/mol. The standard InChI is InChI=1S/C16H24N2O2/c1-17-10-6-8-14(11-17)16(19)18(2)12-13-7-4-5-9-15(13)20-3/h4-5,7,9,14H,6,8,10-12H2,1-3H3. The zero-order chi connectivity index (χ0) is 14.5. The zero-order valence-corrected chi connectivity index (χ0v) is 12.6. The molecule has 1 heterocycles.